The molecule has 0 spiro atoms. The average Bonchev–Trinajstić information content (AvgIpc) is 2.45. The minimum absolute atomic E-state index is 0.0309. The Morgan fingerprint density at radius 3 is 2.26 bits per heavy atom. The van der Waals surface area contributed by atoms with Crippen LogP contribution in [-0.2, 0) is 0 Å². The Bertz CT molecular complexity index is 458. The summed E-state index contributed by atoms with van der Waals surface area (Å²) in [6.45, 7) is 14.0. The van der Waals surface area contributed by atoms with E-state index in [1.807, 2.05) is 7.05 Å². The predicted molar refractivity (Wildman–Crippen MR) is 103 cm³/mol. The van der Waals surface area contributed by atoms with Crippen LogP contribution in [0, 0.1) is 28.6 Å². The van der Waals surface area contributed by atoms with Gasteiger partial charge in [0.15, 0.2) is 0 Å². The molecule has 0 amide bonds. The molecular formula is C21H38N2. The Morgan fingerprint density at radius 1 is 1.00 bits per heavy atom. The minimum atomic E-state index is 0.0309. The Labute approximate surface area is 144 Å². The van der Waals surface area contributed by atoms with E-state index in [-0.39, 0.29) is 16.4 Å². The fraction of sp³-hybridized carbons (Fsp3) is 0.905. The fourth-order valence-corrected chi connectivity index (χ4v) is 4.66. The SMILES string of the molecule is C/N=C/C(C)(C)C(C)(C)/C=N/C12CCCC(C1)C(C(C)C)CC2. The van der Waals surface area contributed by atoms with Gasteiger partial charge in [-0.25, -0.2) is 0 Å². The van der Waals surface area contributed by atoms with Gasteiger partial charge in [0.1, 0.15) is 0 Å². The molecule has 2 nitrogen and oxygen atoms in total. The summed E-state index contributed by atoms with van der Waals surface area (Å²) in [5, 5.41) is 0. The summed E-state index contributed by atoms with van der Waals surface area (Å²) < 4.78 is 0. The lowest BCUT2D eigenvalue weighted by atomic mass is 9.60. The van der Waals surface area contributed by atoms with E-state index < -0.39 is 0 Å². The van der Waals surface area contributed by atoms with Gasteiger partial charge in [-0.2, -0.15) is 0 Å². The molecule has 2 rings (SSSR count). The molecule has 3 unspecified atom stereocenters. The molecule has 0 aromatic rings. The van der Waals surface area contributed by atoms with Crippen molar-refractivity contribution >= 4 is 12.4 Å². The lowest BCUT2D eigenvalue weighted by Crippen LogP contribution is -2.44. The highest BCUT2D eigenvalue weighted by molar-refractivity contribution is 5.77. The summed E-state index contributed by atoms with van der Waals surface area (Å²) in [6.07, 6.45) is 12.4. The molecule has 23 heavy (non-hydrogen) atoms. The summed E-state index contributed by atoms with van der Waals surface area (Å²) in [7, 11) is 1.87. The molecule has 0 aliphatic heterocycles. The van der Waals surface area contributed by atoms with Crippen molar-refractivity contribution in [3.8, 4) is 0 Å². The Morgan fingerprint density at radius 2 is 1.65 bits per heavy atom. The maximum Gasteiger partial charge on any atom is 0.0607 e. The second kappa shape index (κ2) is 6.69. The van der Waals surface area contributed by atoms with Crippen LogP contribution in [0.15, 0.2) is 9.98 Å². The van der Waals surface area contributed by atoms with E-state index in [2.05, 4.69) is 59.0 Å². The molecule has 2 aliphatic carbocycles. The quantitative estimate of drug-likeness (QED) is 0.572. The van der Waals surface area contributed by atoms with Gasteiger partial charge in [0.05, 0.1) is 5.54 Å². The first-order valence-electron chi connectivity index (χ1n) is 9.62. The third-order valence-corrected chi connectivity index (χ3v) is 7.04. The van der Waals surface area contributed by atoms with Crippen molar-refractivity contribution in [2.75, 3.05) is 7.05 Å². The van der Waals surface area contributed by atoms with Crippen molar-refractivity contribution in [2.24, 2.45) is 38.6 Å². The summed E-state index contributed by atoms with van der Waals surface area (Å²) in [5.74, 6) is 2.66. The highest BCUT2D eigenvalue weighted by Crippen LogP contribution is 2.50. The van der Waals surface area contributed by atoms with E-state index in [1.165, 1.54) is 38.5 Å². The van der Waals surface area contributed by atoms with E-state index in [9.17, 15) is 0 Å². The molecule has 0 radical (unpaired) electrons. The van der Waals surface area contributed by atoms with Gasteiger partial charge in [-0.05, 0) is 49.9 Å². The summed E-state index contributed by atoms with van der Waals surface area (Å²) in [5.41, 5.74) is 0.305. The van der Waals surface area contributed by atoms with Crippen molar-refractivity contribution in [2.45, 2.75) is 85.6 Å². The summed E-state index contributed by atoms with van der Waals surface area (Å²) in [4.78, 5) is 9.53. The van der Waals surface area contributed by atoms with Crippen molar-refractivity contribution in [3.05, 3.63) is 0 Å². The van der Waals surface area contributed by atoms with Crippen LogP contribution in [0.3, 0.4) is 0 Å². The third kappa shape index (κ3) is 3.88. The number of rotatable bonds is 5. The fourth-order valence-electron chi connectivity index (χ4n) is 4.66. The zero-order chi connectivity index (χ0) is 17.3. The van der Waals surface area contributed by atoms with Gasteiger partial charge in [0, 0.05) is 30.3 Å². The van der Waals surface area contributed by atoms with Crippen molar-refractivity contribution in [1.29, 1.82) is 0 Å². The monoisotopic (exact) mass is 318 g/mol. The number of hydrogen-bond acceptors (Lipinski definition) is 2. The van der Waals surface area contributed by atoms with Crippen LogP contribution in [-0.4, -0.2) is 25.0 Å². The number of fused-ring (bicyclic) bond motifs is 2. The molecule has 0 aromatic heterocycles. The van der Waals surface area contributed by atoms with Gasteiger partial charge in [0.25, 0.3) is 0 Å². The van der Waals surface area contributed by atoms with Gasteiger partial charge >= 0.3 is 0 Å². The molecule has 0 saturated heterocycles. The zero-order valence-corrected chi connectivity index (χ0v) is 16.5. The minimum Gasteiger partial charge on any atom is -0.300 e. The lowest BCUT2D eigenvalue weighted by Gasteiger charge is -2.48. The van der Waals surface area contributed by atoms with Crippen LogP contribution < -0.4 is 0 Å². The molecule has 2 heteroatoms. The molecule has 132 valence electrons. The van der Waals surface area contributed by atoms with E-state index in [1.54, 1.807) is 0 Å². The Hall–Kier alpha value is -0.660. The third-order valence-electron chi connectivity index (χ3n) is 7.04. The first-order chi connectivity index (χ1) is 10.6. The van der Waals surface area contributed by atoms with Crippen LogP contribution >= 0.6 is 0 Å². The van der Waals surface area contributed by atoms with Crippen LogP contribution in [0.1, 0.15) is 80.1 Å². The lowest BCUT2D eigenvalue weighted by molar-refractivity contribution is 0.0714. The molecule has 0 aromatic carbocycles. The van der Waals surface area contributed by atoms with Crippen molar-refractivity contribution < 1.29 is 0 Å². The topological polar surface area (TPSA) is 24.7 Å². The van der Waals surface area contributed by atoms with Crippen LogP contribution in [0.5, 0.6) is 0 Å². The molecule has 2 fully saturated rings. The average molecular weight is 319 g/mol. The second-order valence-electron chi connectivity index (χ2n) is 9.62. The van der Waals surface area contributed by atoms with Gasteiger partial charge in [-0.1, -0.05) is 48.0 Å². The van der Waals surface area contributed by atoms with E-state index in [0.29, 0.717) is 0 Å². The first-order valence-corrected chi connectivity index (χ1v) is 9.62. The first kappa shape index (κ1) is 18.7. The smallest absolute Gasteiger partial charge is 0.0607 e. The maximum atomic E-state index is 5.26. The normalized spacial score (nSPS) is 33.0. The molecule has 0 N–H and O–H groups in total. The molecular weight excluding hydrogens is 280 g/mol. The van der Waals surface area contributed by atoms with E-state index in [4.69, 9.17) is 4.99 Å². The molecule has 2 bridgehead atoms. The largest absolute Gasteiger partial charge is 0.300 e. The summed E-state index contributed by atoms with van der Waals surface area (Å²) >= 11 is 0. The van der Waals surface area contributed by atoms with Crippen LogP contribution in [0.2, 0.25) is 0 Å². The predicted octanol–water partition coefficient (Wildman–Crippen LogP) is 5.81. The molecule has 3 atom stereocenters. The van der Waals surface area contributed by atoms with E-state index >= 15 is 0 Å². The van der Waals surface area contributed by atoms with E-state index in [0.717, 1.165) is 17.8 Å². The summed E-state index contributed by atoms with van der Waals surface area (Å²) in [6, 6.07) is 0. The number of nitrogens with zero attached hydrogens (tertiary/aromatic N) is 2. The number of hydrogen-bond donors (Lipinski definition) is 0. The highest BCUT2D eigenvalue weighted by Gasteiger charge is 2.44. The van der Waals surface area contributed by atoms with Crippen molar-refractivity contribution in [1.82, 2.24) is 0 Å². The van der Waals surface area contributed by atoms with Gasteiger partial charge in [-0.15, -0.1) is 0 Å². The van der Waals surface area contributed by atoms with Gasteiger partial charge in [-0.3, -0.25) is 4.99 Å². The molecule has 2 aliphatic rings. The Kier molecular flexibility index (Phi) is 5.43. The molecule has 0 heterocycles. The van der Waals surface area contributed by atoms with Gasteiger partial charge < -0.3 is 4.99 Å². The van der Waals surface area contributed by atoms with Gasteiger partial charge in [0.2, 0.25) is 0 Å². The van der Waals surface area contributed by atoms with Crippen LogP contribution in [0.25, 0.3) is 0 Å². The highest BCUT2D eigenvalue weighted by atomic mass is 14.9. The van der Waals surface area contributed by atoms with Crippen LogP contribution in [0.4, 0.5) is 0 Å². The maximum absolute atomic E-state index is 5.26. The second-order valence-corrected chi connectivity index (χ2v) is 9.62. The number of aliphatic imine (C=N–C) groups is 2. The Balaban J connectivity index is 2.16. The molecule has 2 saturated carbocycles. The van der Waals surface area contributed by atoms with Crippen molar-refractivity contribution in [3.63, 3.8) is 0 Å². The zero-order valence-electron chi connectivity index (χ0n) is 16.5. The standard InChI is InChI=1S/C21H38N2/c1-16(2)18-10-12-21(11-8-9-17(18)13-21)23-15-20(5,6)19(3,4)14-22-7/h14-18H,8-13H2,1-7H3/b22-14+,23-15+.